The number of benzene rings is 1. The lowest BCUT2D eigenvalue weighted by atomic mass is 9.94. The number of aromatic nitrogens is 2. The van der Waals surface area contributed by atoms with Gasteiger partial charge in [-0.3, -0.25) is 4.79 Å². The van der Waals surface area contributed by atoms with Crippen molar-refractivity contribution >= 4 is 29.1 Å². The number of amides is 1. The van der Waals surface area contributed by atoms with E-state index in [4.69, 9.17) is 23.2 Å². The van der Waals surface area contributed by atoms with Gasteiger partial charge in [0.25, 0.3) is 5.91 Å². The predicted octanol–water partition coefficient (Wildman–Crippen LogP) is 4.19. The summed E-state index contributed by atoms with van der Waals surface area (Å²) in [6.45, 7) is 1.45. The van der Waals surface area contributed by atoms with E-state index >= 15 is 0 Å². The molecule has 1 atom stereocenters. The van der Waals surface area contributed by atoms with Crippen molar-refractivity contribution in [2.24, 2.45) is 0 Å². The summed E-state index contributed by atoms with van der Waals surface area (Å²) in [6, 6.07) is 9.47. The number of halogens is 2. The molecule has 0 bridgehead atoms. The molecule has 0 N–H and O–H groups in total. The molecule has 2 aromatic rings. The van der Waals surface area contributed by atoms with E-state index in [1.807, 2.05) is 29.2 Å². The van der Waals surface area contributed by atoms with E-state index < -0.39 is 0 Å². The van der Waals surface area contributed by atoms with Gasteiger partial charge in [-0.25, -0.2) is 0 Å². The van der Waals surface area contributed by atoms with E-state index in [-0.39, 0.29) is 11.1 Å². The van der Waals surface area contributed by atoms with Crippen LogP contribution < -0.4 is 0 Å². The van der Waals surface area contributed by atoms with Gasteiger partial charge in [0.05, 0.1) is 11.8 Å². The smallest absolute Gasteiger partial charge is 0.255 e. The Balaban J connectivity index is 1.79. The summed E-state index contributed by atoms with van der Waals surface area (Å²) in [4.78, 5) is 14.6. The van der Waals surface area contributed by atoms with Crippen LogP contribution in [0.2, 0.25) is 10.2 Å². The van der Waals surface area contributed by atoms with Gasteiger partial charge < -0.3 is 4.90 Å². The molecule has 0 radical (unpaired) electrons. The van der Waals surface area contributed by atoms with E-state index in [1.54, 1.807) is 6.07 Å². The Kier molecular flexibility index (Phi) is 5.13. The Morgan fingerprint density at radius 2 is 1.96 bits per heavy atom. The minimum Gasteiger partial charge on any atom is -0.338 e. The van der Waals surface area contributed by atoms with Crippen molar-refractivity contribution < 1.29 is 4.79 Å². The molecule has 1 aliphatic rings. The normalized spacial score (nSPS) is 18.5. The van der Waals surface area contributed by atoms with Gasteiger partial charge in [0.2, 0.25) is 0 Å². The van der Waals surface area contributed by atoms with E-state index in [1.165, 1.54) is 11.8 Å². The van der Waals surface area contributed by atoms with Crippen molar-refractivity contribution in [2.75, 3.05) is 13.1 Å². The van der Waals surface area contributed by atoms with Crippen LogP contribution in [0.25, 0.3) is 0 Å². The SMILES string of the molecule is O=C(c1cnnc(Cl)c1)N1CCCCC(c2ccc(Cl)cc2)C1. The highest BCUT2D eigenvalue weighted by molar-refractivity contribution is 6.30. The third kappa shape index (κ3) is 4.01. The van der Waals surface area contributed by atoms with Crippen molar-refractivity contribution in [3.05, 3.63) is 57.8 Å². The molecule has 4 nitrogen and oxygen atoms in total. The number of hydrogen-bond acceptors (Lipinski definition) is 3. The molecular weight excluding hydrogens is 333 g/mol. The minimum atomic E-state index is -0.0392. The maximum absolute atomic E-state index is 12.7. The van der Waals surface area contributed by atoms with Gasteiger partial charge in [-0.15, -0.1) is 5.10 Å². The van der Waals surface area contributed by atoms with Crippen molar-refractivity contribution in [2.45, 2.75) is 25.2 Å². The molecule has 23 heavy (non-hydrogen) atoms. The number of rotatable bonds is 2. The van der Waals surface area contributed by atoms with Crippen LogP contribution in [0.4, 0.5) is 0 Å². The Bertz CT molecular complexity index is 690. The van der Waals surface area contributed by atoms with E-state index in [2.05, 4.69) is 10.2 Å². The van der Waals surface area contributed by atoms with Crippen LogP contribution >= 0.6 is 23.2 Å². The second kappa shape index (κ2) is 7.28. The fraction of sp³-hybridized carbons (Fsp3) is 0.353. The van der Waals surface area contributed by atoms with Crippen LogP contribution in [0.1, 0.15) is 41.1 Å². The summed E-state index contributed by atoms with van der Waals surface area (Å²) in [7, 11) is 0. The topological polar surface area (TPSA) is 46.1 Å². The van der Waals surface area contributed by atoms with Crippen LogP contribution in [0.3, 0.4) is 0 Å². The Labute approximate surface area is 145 Å². The second-order valence-electron chi connectivity index (χ2n) is 5.76. The third-order valence-electron chi connectivity index (χ3n) is 4.17. The maximum Gasteiger partial charge on any atom is 0.255 e. The monoisotopic (exact) mass is 349 g/mol. The average molecular weight is 350 g/mol. The summed E-state index contributed by atoms with van der Waals surface area (Å²) in [6.07, 6.45) is 4.64. The lowest BCUT2D eigenvalue weighted by Crippen LogP contribution is -2.34. The summed E-state index contributed by atoms with van der Waals surface area (Å²) >= 11 is 11.8. The second-order valence-corrected chi connectivity index (χ2v) is 6.59. The van der Waals surface area contributed by atoms with Gasteiger partial charge in [-0.05, 0) is 36.6 Å². The van der Waals surface area contributed by atoms with Gasteiger partial charge >= 0.3 is 0 Å². The van der Waals surface area contributed by atoms with E-state index in [0.29, 0.717) is 18.0 Å². The highest BCUT2D eigenvalue weighted by Gasteiger charge is 2.24. The van der Waals surface area contributed by atoms with Gasteiger partial charge in [-0.2, -0.15) is 5.10 Å². The summed E-state index contributed by atoms with van der Waals surface area (Å²) < 4.78 is 0. The Hall–Kier alpha value is -1.65. The van der Waals surface area contributed by atoms with Gasteiger partial charge in [0, 0.05) is 24.0 Å². The van der Waals surface area contributed by atoms with Crippen molar-refractivity contribution in [3.8, 4) is 0 Å². The lowest BCUT2D eigenvalue weighted by Gasteiger charge is -2.25. The highest BCUT2D eigenvalue weighted by atomic mass is 35.5. The first-order valence-electron chi connectivity index (χ1n) is 7.66. The van der Waals surface area contributed by atoms with E-state index in [9.17, 15) is 4.79 Å². The molecule has 3 rings (SSSR count). The predicted molar refractivity (Wildman–Crippen MR) is 91.0 cm³/mol. The fourth-order valence-electron chi connectivity index (χ4n) is 2.97. The van der Waals surface area contributed by atoms with Crippen LogP contribution in [0.5, 0.6) is 0 Å². The molecule has 1 aliphatic heterocycles. The number of hydrogen-bond donors (Lipinski definition) is 0. The summed E-state index contributed by atoms with van der Waals surface area (Å²) in [5.41, 5.74) is 1.71. The molecule has 2 heterocycles. The Morgan fingerprint density at radius 1 is 1.17 bits per heavy atom. The summed E-state index contributed by atoms with van der Waals surface area (Å²) in [5.74, 6) is 0.284. The van der Waals surface area contributed by atoms with Crippen molar-refractivity contribution in [1.29, 1.82) is 0 Å². The zero-order valence-corrected chi connectivity index (χ0v) is 14.1. The van der Waals surface area contributed by atoms with E-state index in [0.717, 1.165) is 30.8 Å². The summed E-state index contributed by atoms with van der Waals surface area (Å²) in [5, 5.41) is 8.42. The molecule has 0 saturated carbocycles. The Morgan fingerprint density at radius 3 is 2.70 bits per heavy atom. The standard InChI is InChI=1S/C17H17Cl2N3O/c18-15-6-4-12(5-7-15)13-3-1-2-8-22(11-13)17(23)14-9-16(19)21-20-10-14/h4-7,9-10,13H,1-3,8,11H2. The minimum absolute atomic E-state index is 0.0392. The first kappa shape index (κ1) is 16.2. The molecule has 1 fully saturated rings. The van der Waals surface area contributed by atoms with Crippen LogP contribution in [0, 0.1) is 0 Å². The fourth-order valence-corrected chi connectivity index (χ4v) is 3.26. The van der Waals surface area contributed by atoms with Crippen molar-refractivity contribution in [1.82, 2.24) is 15.1 Å². The molecule has 1 unspecified atom stereocenters. The molecule has 0 spiro atoms. The molecule has 1 aromatic heterocycles. The molecule has 1 amide bonds. The van der Waals surface area contributed by atoms with Gasteiger partial charge in [0.1, 0.15) is 0 Å². The molecular formula is C17H17Cl2N3O. The van der Waals surface area contributed by atoms with Gasteiger partial charge in [0.15, 0.2) is 5.15 Å². The molecule has 1 aromatic carbocycles. The van der Waals surface area contributed by atoms with Gasteiger partial charge in [-0.1, -0.05) is 41.8 Å². The first-order valence-corrected chi connectivity index (χ1v) is 8.42. The maximum atomic E-state index is 12.7. The van der Waals surface area contributed by atoms with Crippen molar-refractivity contribution in [3.63, 3.8) is 0 Å². The molecule has 0 aliphatic carbocycles. The average Bonchev–Trinajstić information content (AvgIpc) is 2.81. The zero-order valence-electron chi connectivity index (χ0n) is 12.6. The number of nitrogens with zero attached hydrogens (tertiary/aromatic N) is 3. The molecule has 120 valence electrons. The number of carbonyl (C=O) groups excluding carboxylic acids is 1. The number of carbonyl (C=O) groups is 1. The highest BCUT2D eigenvalue weighted by Crippen LogP contribution is 2.28. The number of likely N-dealkylation sites (tertiary alicyclic amines) is 1. The quantitative estimate of drug-likeness (QED) is 0.816. The molecule has 6 heteroatoms. The van der Waals surface area contributed by atoms with Crippen LogP contribution in [-0.2, 0) is 0 Å². The molecule has 1 saturated heterocycles. The third-order valence-corrected chi connectivity index (χ3v) is 4.61. The van der Waals surface area contributed by atoms with Crippen LogP contribution in [-0.4, -0.2) is 34.1 Å². The van der Waals surface area contributed by atoms with Crippen LogP contribution in [0.15, 0.2) is 36.5 Å². The first-order chi connectivity index (χ1) is 11.1. The largest absolute Gasteiger partial charge is 0.338 e. The zero-order chi connectivity index (χ0) is 16.2. The lowest BCUT2D eigenvalue weighted by molar-refractivity contribution is 0.0754.